The van der Waals surface area contributed by atoms with Gasteiger partial charge in [-0.15, -0.1) is 0 Å². The lowest BCUT2D eigenvalue weighted by Gasteiger charge is -2.25. The van der Waals surface area contributed by atoms with Gasteiger partial charge < -0.3 is 25.6 Å². The van der Waals surface area contributed by atoms with E-state index in [0.717, 1.165) is 0 Å². The minimum absolute atomic E-state index is 0.0680. The molecule has 5 N–H and O–H groups in total. The Kier molecular flexibility index (Phi) is 4.58. The van der Waals surface area contributed by atoms with Gasteiger partial charge in [0.2, 0.25) is 5.91 Å². The second kappa shape index (κ2) is 6.33. The lowest BCUT2D eigenvalue weighted by Crippen LogP contribution is -2.29. The fourth-order valence-electron chi connectivity index (χ4n) is 3.53. The van der Waals surface area contributed by atoms with E-state index in [1.807, 2.05) is 19.9 Å². The van der Waals surface area contributed by atoms with Crippen molar-refractivity contribution in [1.29, 1.82) is 0 Å². The number of amides is 1. The van der Waals surface area contributed by atoms with E-state index in [2.05, 4.69) is 0 Å². The van der Waals surface area contributed by atoms with Crippen LogP contribution in [0.1, 0.15) is 37.9 Å². The van der Waals surface area contributed by atoms with Crippen molar-refractivity contribution in [2.75, 3.05) is 13.2 Å². The number of hydrogen-bond acceptors (Lipinski definition) is 4. The zero-order valence-electron chi connectivity index (χ0n) is 15.0. The highest BCUT2D eigenvalue weighted by Crippen LogP contribution is 2.49. The maximum Gasteiger partial charge on any atom is 0.228 e. The molecular weight excluding hydrogens is 339 g/mol. The van der Waals surface area contributed by atoms with Crippen molar-refractivity contribution in [3.63, 3.8) is 0 Å². The first-order valence-electron chi connectivity index (χ1n) is 8.70. The quantitative estimate of drug-likeness (QED) is 0.586. The van der Waals surface area contributed by atoms with Crippen molar-refractivity contribution in [1.82, 2.24) is 4.57 Å². The first kappa shape index (κ1) is 18.8. The SMILES string of the molecule is CC(C)(CO)c1cc2cc(C3(C(N)=O)CC3)c(F)cc2n1C[C@@H](O)CO. The van der Waals surface area contributed by atoms with E-state index in [1.165, 1.54) is 6.07 Å². The Labute approximate surface area is 151 Å². The van der Waals surface area contributed by atoms with Crippen LogP contribution in [0.5, 0.6) is 0 Å². The van der Waals surface area contributed by atoms with E-state index in [1.54, 1.807) is 10.6 Å². The number of hydrogen-bond donors (Lipinski definition) is 4. The molecule has 1 aromatic heterocycles. The third kappa shape index (κ3) is 2.90. The first-order valence-corrected chi connectivity index (χ1v) is 8.70. The smallest absolute Gasteiger partial charge is 0.228 e. The molecule has 7 heteroatoms. The normalized spacial score (nSPS) is 17.5. The molecule has 2 aromatic rings. The average Bonchev–Trinajstić information content (AvgIpc) is 3.33. The number of halogens is 1. The summed E-state index contributed by atoms with van der Waals surface area (Å²) in [5, 5.41) is 29.5. The largest absolute Gasteiger partial charge is 0.395 e. The van der Waals surface area contributed by atoms with E-state index < -0.39 is 35.3 Å². The van der Waals surface area contributed by atoms with Crippen LogP contribution in [0.15, 0.2) is 18.2 Å². The summed E-state index contributed by atoms with van der Waals surface area (Å²) in [6.07, 6.45) is 0.0508. The van der Waals surface area contributed by atoms with Crippen molar-refractivity contribution in [2.45, 2.75) is 50.2 Å². The number of benzene rings is 1. The number of nitrogens with zero attached hydrogens (tertiary/aromatic N) is 1. The Morgan fingerprint density at radius 1 is 1.35 bits per heavy atom. The van der Waals surface area contributed by atoms with Gasteiger partial charge in [-0.2, -0.15) is 0 Å². The van der Waals surface area contributed by atoms with Crippen molar-refractivity contribution in [3.05, 3.63) is 35.3 Å². The molecule has 1 aromatic carbocycles. The van der Waals surface area contributed by atoms with E-state index in [9.17, 15) is 24.5 Å². The minimum atomic E-state index is -1.01. The number of carbonyl (C=O) groups excluding carboxylic acids is 1. The molecule has 1 aliphatic carbocycles. The number of nitrogens with two attached hydrogens (primary N) is 1. The molecular formula is C19H25FN2O4. The zero-order chi connectivity index (χ0) is 19.3. The van der Waals surface area contributed by atoms with Crippen molar-refractivity contribution in [3.8, 4) is 0 Å². The van der Waals surface area contributed by atoms with Crippen LogP contribution in [-0.4, -0.2) is 45.1 Å². The molecule has 142 valence electrons. The van der Waals surface area contributed by atoms with Crippen LogP contribution in [0, 0.1) is 5.82 Å². The Hall–Kier alpha value is -1.96. The lowest BCUT2D eigenvalue weighted by atomic mass is 9.90. The Balaban J connectivity index is 2.21. The molecule has 1 saturated carbocycles. The molecule has 3 rings (SSSR count). The third-order valence-corrected chi connectivity index (χ3v) is 5.42. The number of aliphatic hydroxyl groups excluding tert-OH is 3. The van der Waals surface area contributed by atoms with Gasteiger partial charge in [-0.3, -0.25) is 4.79 Å². The summed E-state index contributed by atoms with van der Waals surface area (Å²) in [6, 6.07) is 4.81. The molecule has 1 aliphatic rings. The van der Waals surface area contributed by atoms with E-state index in [0.29, 0.717) is 35.0 Å². The standard InChI is InChI=1S/C19H25FN2O4/c1-18(2,10-24)16-6-11-5-13(19(3-4-19)17(21)26)14(20)7-15(11)22(16)8-12(25)9-23/h5-7,12,23-25H,3-4,8-10H2,1-2H3,(H2,21,26)/t12-/m1/s1. The number of aromatic nitrogens is 1. The molecule has 0 radical (unpaired) electrons. The van der Waals surface area contributed by atoms with Crippen LogP contribution in [-0.2, 0) is 22.2 Å². The summed E-state index contributed by atoms with van der Waals surface area (Å²) in [4.78, 5) is 11.8. The molecule has 1 atom stereocenters. The monoisotopic (exact) mass is 364 g/mol. The lowest BCUT2D eigenvalue weighted by molar-refractivity contribution is -0.120. The number of fused-ring (bicyclic) bond motifs is 1. The Bertz CT molecular complexity index is 855. The molecule has 6 nitrogen and oxygen atoms in total. The fourth-order valence-corrected chi connectivity index (χ4v) is 3.53. The number of carbonyl (C=O) groups is 1. The topological polar surface area (TPSA) is 109 Å². The van der Waals surface area contributed by atoms with Crippen LogP contribution in [0.4, 0.5) is 4.39 Å². The highest BCUT2D eigenvalue weighted by atomic mass is 19.1. The summed E-state index contributed by atoms with van der Waals surface area (Å²) in [5.74, 6) is -1.04. The van der Waals surface area contributed by atoms with Crippen molar-refractivity contribution in [2.24, 2.45) is 5.73 Å². The number of primary amides is 1. The molecule has 0 aliphatic heterocycles. The van der Waals surface area contributed by atoms with Crippen LogP contribution in [0.3, 0.4) is 0 Å². The van der Waals surface area contributed by atoms with Crippen molar-refractivity contribution < 1.29 is 24.5 Å². The van der Waals surface area contributed by atoms with E-state index >= 15 is 0 Å². The molecule has 1 amide bonds. The van der Waals surface area contributed by atoms with Gasteiger partial charge in [0.15, 0.2) is 0 Å². The van der Waals surface area contributed by atoms with E-state index in [-0.39, 0.29) is 13.2 Å². The predicted octanol–water partition coefficient (Wildman–Crippen LogP) is 0.920. The first-order chi connectivity index (χ1) is 12.2. The van der Waals surface area contributed by atoms with Crippen LogP contribution in [0.2, 0.25) is 0 Å². The highest BCUT2D eigenvalue weighted by Gasteiger charge is 2.51. The maximum atomic E-state index is 14.8. The predicted molar refractivity (Wildman–Crippen MR) is 95.2 cm³/mol. The van der Waals surface area contributed by atoms with Gasteiger partial charge in [0.25, 0.3) is 0 Å². The fraction of sp³-hybridized carbons (Fsp3) is 0.526. The summed E-state index contributed by atoms with van der Waals surface area (Å²) in [7, 11) is 0. The average molecular weight is 364 g/mol. The van der Waals surface area contributed by atoms with Gasteiger partial charge in [-0.25, -0.2) is 4.39 Å². The van der Waals surface area contributed by atoms with Crippen LogP contribution in [0.25, 0.3) is 10.9 Å². The van der Waals surface area contributed by atoms with Crippen LogP contribution >= 0.6 is 0 Å². The summed E-state index contributed by atoms with van der Waals surface area (Å²) < 4.78 is 16.5. The number of aliphatic hydroxyl groups is 3. The third-order valence-electron chi connectivity index (χ3n) is 5.42. The molecule has 26 heavy (non-hydrogen) atoms. The number of rotatable bonds is 7. The van der Waals surface area contributed by atoms with Gasteiger partial charge >= 0.3 is 0 Å². The molecule has 0 bridgehead atoms. The minimum Gasteiger partial charge on any atom is -0.395 e. The van der Waals surface area contributed by atoms with Gasteiger partial charge in [-0.05, 0) is 31.0 Å². The molecule has 0 saturated heterocycles. The summed E-state index contributed by atoms with van der Waals surface area (Å²) in [6.45, 7) is 3.18. The van der Waals surface area contributed by atoms with E-state index in [4.69, 9.17) is 5.73 Å². The maximum absolute atomic E-state index is 14.8. The Morgan fingerprint density at radius 2 is 2.00 bits per heavy atom. The van der Waals surface area contributed by atoms with Crippen molar-refractivity contribution >= 4 is 16.8 Å². The second-order valence-corrected chi connectivity index (χ2v) is 7.86. The van der Waals surface area contributed by atoms with Crippen LogP contribution < -0.4 is 5.73 Å². The summed E-state index contributed by atoms with van der Waals surface area (Å²) >= 11 is 0. The molecule has 0 unspecified atom stereocenters. The van der Waals surface area contributed by atoms with Gasteiger partial charge in [0.1, 0.15) is 5.82 Å². The second-order valence-electron chi connectivity index (χ2n) is 7.86. The van der Waals surface area contributed by atoms with Gasteiger partial charge in [-0.1, -0.05) is 13.8 Å². The molecule has 1 fully saturated rings. The van der Waals surface area contributed by atoms with Gasteiger partial charge in [0, 0.05) is 22.1 Å². The zero-order valence-corrected chi connectivity index (χ0v) is 15.0. The highest BCUT2D eigenvalue weighted by molar-refractivity contribution is 5.92. The molecule has 0 spiro atoms. The Morgan fingerprint density at radius 3 is 2.50 bits per heavy atom. The molecule has 1 heterocycles. The van der Waals surface area contributed by atoms with Gasteiger partial charge in [0.05, 0.1) is 36.8 Å². The summed E-state index contributed by atoms with van der Waals surface area (Å²) in [5.41, 5.74) is 5.46.